The second-order valence-corrected chi connectivity index (χ2v) is 6.00. The largest absolute Gasteiger partial charge is 0.390 e. The molecule has 0 atom stereocenters. The van der Waals surface area contributed by atoms with Gasteiger partial charge in [-0.25, -0.2) is 0 Å². The summed E-state index contributed by atoms with van der Waals surface area (Å²) in [7, 11) is 4.23. The highest BCUT2D eigenvalue weighted by Gasteiger charge is 2.25. The van der Waals surface area contributed by atoms with Crippen molar-refractivity contribution in [3.05, 3.63) is 11.4 Å². The van der Waals surface area contributed by atoms with E-state index in [0.717, 1.165) is 11.8 Å². The van der Waals surface area contributed by atoms with Crippen LogP contribution in [-0.2, 0) is 0 Å². The van der Waals surface area contributed by atoms with Crippen molar-refractivity contribution in [3.8, 4) is 0 Å². The predicted molar refractivity (Wildman–Crippen MR) is 78.3 cm³/mol. The van der Waals surface area contributed by atoms with Gasteiger partial charge in [-0.2, -0.15) is 0 Å². The van der Waals surface area contributed by atoms with Gasteiger partial charge in [-0.05, 0) is 25.7 Å². The van der Waals surface area contributed by atoms with Crippen molar-refractivity contribution >= 4 is 0 Å². The molecule has 0 spiro atoms. The molecule has 2 aliphatic rings. The van der Waals surface area contributed by atoms with Crippen LogP contribution in [0.2, 0.25) is 0 Å². The summed E-state index contributed by atoms with van der Waals surface area (Å²) in [6, 6.07) is 0. The van der Waals surface area contributed by atoms with Crippen LogP contribution in [0, 0.1) is 11.8 Å². The van der Waals surface area contributed by atoms with Gasteiger partial charge < -0.3 is 10.6 Å². The van der Waals surface area contributed by atoms with Crippen molar-refractivity contribution in [3.63, 3.8) is 0 Å². The maximum absolute atomic E-state index is 3.54. The highest BCUT2D eigenvalue weighted by atomic mass is 14.9. The van der Waals surface area contributed by atoms with Gasteiger partial charge in [0, 0.05) is 37.3 Å². The van der Waals surface area contributed by atoms with Gasteiger partial charge in [-0.1, -0.05) is 38.5 Å². The third kappa shape index (κ3) is 3.21. The van der Waals surface area contributed by atoms with E-state index in [1.165, 1.54) is 75.6 Å². The zero-order chi connectivity index (χ0) is 12.8. The predicted octanol–water partition coefficient (Wildman–Crippen LogP) is 3.80. The molecule has 2 heteroatoms. The van der Waals surface area contributed by atoms with E-state index in [4.69, 9.17) is 0 Å². The number of rotatable bonds is 4. The Balaban J connectivity index is 2.13. The minimum Gasteiger partial charge on any atom is -0.390 e. The topological polar surface area (TPSA) is 24.1 Å². The molecule has 2 aliphatic carbocycles. The summed E-state index contributed by atoms with van der Waals surface area (Å²) in [5, 5.41) is 7.07. The first-order chi connectivity index (χ1) is 8.86. The third-order valence-corrected chi connectivity index (χ3v) is 4.86. The van der Waals surface area contributed by atoms with Gasteiger partial charge in [-0.15, -0.1) is 0 Å². The number of hydrogen-bond acceptors (Lipinski definition) is 2. The zero-order valence-corrected chi connectivity index (χ0v) is 12.2. The van der Waals surface area contributed by atoms with Gasteiger partial charge in [-0.3, -0.25) is 0 Å². The molecule has 2 fully saturated rings. The van der Waals surface area contributed by atoms with Gasteiger partial charge >= 0.3 is 0 Å². The molecule has 104 valence electrons. The number of nitrogens with one attached hydrogen (secondary N) is 2. The lowest BCUT2D eigenvalue weighted by atomic mass is 9.81. The highest BCUT2D eigenvalue weighted by Crippen LogP contribution is 2.35. The zero-order valence-electron chi connectivity index (χ0n) is 12.2. The molecule has 0 bridgehead atoms. The van der Waals surface area contributed by atoms with Crippen LogP contribution in [-0.4, -0.2) is 14.1 Å². The maximum Gasteiger partial charge on any atom is 0.0331 e. The smallest absolute Gasteiger partial charge is 0.0331 e. The SMILES string of the molecule is CN/C(=C(\NC)C1CCCCC1)C1CCCCC1. The lowest BCUT2D eigenvalue weighted by Crippen LogP contribution is -2.29. The van der Waals surface area contributed by atoms with Crippen LogP contribution < -0.4 is 10.6 Å². The normalized spacial score (nSPS) is 24.6. The summed E-state index contributed by atoms with van der Waals surface area (Å²) in [6.45, 7) is 0. The monoisotopic (exact) mass is 250 g/mol. The van der Waals surface area contributed by atoms with Crippen LogP contribution in [0.5, 0.6) is 0 Å². The Labute approximate surface area is 113 Å². The fourth-order valence-corrected chi connectivity index (χ4v) is 3.90. The van der Waals surface area contributed by atoms with Gasteiger partial charge in [0.25, 0.3) is 0 Å². The van der Waals surface area contributed by atoms with Crippen molar-refractivity contribution < 1.29 is 0 Å². The summed E-state index contributed by atoms with van der Waals surface area (Å²) < 4.78 is 0. The molecule has 0 heterocycles. The van der Waals surface area contributed by atoms with E-state index in [1.807, 2.05) is 0 Å². The molecule has 0 aromatic carbocycles. The number of allylic oxidation sites excluding steroid dienone is 2. The quantitative estimate of drug-likeness (QED) is 0.793. The molecule has 2 rings (SSSR count). The Morgan fingerprint density at radius 1 is 0.611 bits per heavy atom. The van der Waals surface area contributed by atoms with E-state index < -0.39 is 0 Å². The first-order valence-electron chi connectivity index (χ1n) is 7.96. The van der Waals surface area contributed by atoms with Crippen molar-refractivity contribution in [1.82, 2.24) is 10.6 Å². The van der Waals surface area contributed by atoms with Gasteiger partial charge in [0.2, 0.25) is 0 Å². The average Bonchev–Trinajstić information content (AvgIpc) is 2.46. The second-order valence-electron chi connectivity index (χ2n) is 6.00. The first-order valence-corrected chi connectivity index (χ1v) is 7.96. The molecular weight excluding hydrogens is 220 g/mol. The van der Waals surface area contributed by atoms with Crippen molar-refractivity contribution in [2.45, 2.75) is 64.2 Å². The van der Waals surface area contributed by atoms with Crippen LogP contribution in [0.15, 0.2) is 11.4 Å². The van der Waals surface area contributed by atoms with Crippen LogP contribution in [0.4, 0.5) is 0 Å². The molecule has 2 N–H and O–H groups in total. The molecule has 0 saturated heterocycles. The van der Waals surface area contributed by atoms with Crippen LogP contribution in [0.1, 0.15) is 64.2 Å². The van der Waals surface area contributed by atoms with E-state index in [0.29, 0.717) is 0 Å². The van der Waals surface area contributed by atoms with Crippen molar-refractivity contribution in [2.24, 2.45) is 11.8 Å². The minimum absolute atomic E-state index is 0.785. The summed E-state index contributed by atoms with van der Waals surface area (Å²) in [5.74, 6) is 1.57. The Kier molecular flexibility index (Phi) is 5.40. The molecule has 0 unspecified atom stereocenters. The van der Waals surface area contributed by atoms with Gasteiger partial charge in [0.1, 0.15) is 0 Å². The Morgan fingerprint density at radius 3 is 1.22 bits per heavy atom. The molecule has 0 aromatic heterocycles. The van der Waals surface area contributed by atoms with E-state index in [-0.39, 0.29) is 0 Å². The number of hydrogen-bond donors (Lipinski definition) is 2. The average molecular weight is 250 g/mol. The molecule has 2 saturated carbocycles. The Morgan fingerprint density at radius 2 is 0.944 bits per heavy atom. The Hall–Kier alpha value is -0.660. The van der Waals surface area contributed by atoms with E-state index in [2.05, 4.69) is 24.7 Å². The highest BCUT2D eigenvalue weighted by molar-refractivity contribution is 5.17. The lowest BCUT2D eigenvalue weighted by molar-refractivity contribution is 0.355. The van der Waals surface area contributed by atoms with Gasteiger partial charge in [0.15, 0.2) is 0 Å². The van der Waals surface area contributed by atoms with Crippen molar-refractivity contribution in [2.75, 3.05) is 14.1 Å². The minimum atomic E-state index is 0.785. The maximum atomic E-state index is 3.54. The standard InChI is InChI=1S/C16H30N2/c1-17-15(13-9-5-3-6-10-13)16(18-2)14-11-7-4-8-12-14/h13-14,17-18H,3-12H2,1-2H3/b16-15-. The molecule has 0 radical (unpaired) electrons. The molecule has 2 nitrogen and oxygen atoms in total. The summed E-state index contributed by atoms with van der Waals surface area (Å²) in [6.07, 6.45) is 14.1. The van der Waals surface area contributed by atoms with Crippen LogP contribution in [0.25, 0.3) is 0 Å². The summed E-state index contributed by atoms with van der Waals surface area (Å²) >= 11 is 0. The Bertz CT molecular complexity index is 243. The molecule has 0 amide bonds. The molecule has 0 aliphatic heterocycles. The van der Waals surface area contributed by atoms with Crippen LogP contribution in [0.3, 0.4) is 0 Å². The van der Waals surface area contributed by atoms with E-state index in [9.17, 15) is 0 Å². The first kappa shape index (κ1) is 13.8. The molecule has 0 aromatic rings. The van der Waals surface area contributed by atoms with Gasteiger partial charge in [0.05, 0.1) is 0 Å². The fourth-order valence-electron chi connectivity index (χ4n) is 3.90. The third-order valence-electron chi connectivity index (χ3n) is 4.86. The second kappa shape index (κ2) is 7.06. The van der Waals surface area contributed by atoms with E-state index in [1.54, 1.807) is 0 Å². The summed E-state index contributed by atoms with van der Waals surface area (Å²) in [5.41, 5.74) is 3.06. The van der Waals surface area contributed by atoms with Crippen LogP contribution >= 0.6 is 0 Å². The fraction of sp³-hybridized carbons (Fsp3) is 0.875. The summed E-state index contributed by atoms with van der Waals surface area (Å²) in [4.78, 5) is 0. The lowest BCUT2D eigenvalue weighted by Gasteiger charge is -2.32. The van der Waals surface area contributed by atoms with Crippen molar-refractivity contribution in [1.29, 1.82) is 0 Å². The molecular formula is C16H30N2. The van der Waals surface area contributed by atoms with E-state index >= 15 is 0 Å². The molecule has 18 heavy (non-hydrogen) atoms.